The predicted molar refractivity (Wildman–Crippen MR) is 87.4 cm³/mol. The molecule has 0 aliphatic rings. The number of nitrogens with zero attached hydrogens (tertiary/aromatic N) is 2. The lowest BCUT2D eigenvalue weighted by molar-refractivity contribution is -0.120. The second kappa shape index (κ2) is 7.84. The van der Waals surface area contributed by atoms with Gasteiger partial charge in [0, 0.05) is 6.54 Å². The number of aromatic amines is 1. The summed E-state index contributed by atoms with van der Waals surface area (Å²) in [6.45, 7) is 6.44. The van der Waals surface area contributed by atoms with Crippen molar-refractivity contribution < 1.29 is 9.21 Å². The number of aromatic nitrogens is 3. The third kappa shape index (κ3) is 4.77. The lowest BCUT2D eigenvalue weighted by Crippen LogP contribution is -2.31. The molecule has 0 radical (unpaired) electrons. The van der Waals surface area contributed by atoms with Crippen molar-refractivity contribution in [2.45, 2.75) is 37.6 Å². The van der Waals surface area contributed by atoms with Gasteiger partial charge in [0.15, 0.2) is 0 Å². The van der Waals surface area contributed by atoms with Crippen LogP contribution in [0.3, 0.4) is 0 Å². The van der Waals surface area contributed by atoms with E-state index in [-0.39, 0.29) is 11.2 Å². The van der Waals surface area contributed by atoms with Crippen LogP contribution in [0.4, 0.5) is 0 Å². The number of hydrogen-bond acceptors (Lipinski definition) is 5. The maximum atomic E-state index is 11.8. The number of furan rings is 1. The number of hydrogen-bond donors (Lipinski definition) is 2. The van der Waals surface area contributed by atoms with Gasteiger partial charge < -0.3 is 9.73 Å². The highest BCUT2D eigenvalue weighted by Crippen LogP contribution is 2.19. The standard InChI is InChI=1S/C15H20N4O2S/c1-4-9-16-14(20)11(3)22-15-17-13(18-19-15)8-7-12-6-5-10(2)21-12/h5-8,11H,4,9H2,1-3H3,(H,16,20)(H,17,18,19)/b8-7+. The average molecular weight is 320 g/mol. The summed E-state index contributed by atoms with van der Waals surface area (Å²) in [6, 6.07) is 3.79. The van der Waals surface area contributed by atoms with Crippen molar-refractivity contribution in [1.29, 1.82) is 0 Å². The molecule has 0 aliphatic carbocycles. The number of aryl methyl sites for hydroxylation is 1. The minimum Gasteiger partial charge on any atom is -0.462 e. The van der Waals surface area contributed by atoms with Gasteiger partial charge in [-0.2, -0.15) is 0 Å². The quantitative estimate of drug-likeness (QED) is 0.766. The molecule has 2 aromatic rings. The molecule has 2 N–H and O–H groups in total. The molecule has 2 aromatic heterocycles. The van der Waals surface area contributed by atoms with Gasteiger partial charge in [-0.25, -0.2) is 4.98 Å². The van der Waals surface area contributed by atoms with Gasteiger partial charge in [0.2, 0.25) is 11.1 Å². The van der Waals surface area contributed by atoms with E-state index in [1.165, 1.54) is 11.8 Å². The highest BCUT2D eigenvalue weighted by atomic mass is 32.2. The van der Waals surface area contributed by atoms with Gasteiger partial charge in [0.1, 0.15) is 17.3 Å². The molecule has 0 bridgehead atoms. The molecular formula is C15H20N4O2S. The second-order valence-electron chi connectivity index (χ2n) is 4.84. The van der Waals surface area contributed by atoms with E-state index in [2.05, 4.69) is 20.5 Å². The molecule has 0 saturated carbocycles. The SMILES string of the molecule is CCCNC(=O)C(C)Sc1n[nH]c(/C=C/c2ccc(C)o2)n1. The number of thioether (sulfide) groups is 1. The van der Waals surface area contributed by atoms with Crippen molar-refractivity contribution in [2.24, 2.45) is 0 Å². The van der Waals surface area contributed by atoms with E-state index in [1.807, 2.05) is 39.0 Å². The molecule has 22 heavy (non-hydrogen) atoms. The van der Waals surface area contributed by atoms with E-state index in [9.17, 15) is 4.79 Å². The third-order valence-corrected chi connectivity index (χ3v) is 3.81. The Morgan fingerprint density at radius 2 is 2.32 bits per heavy atom. The highest BCUT2D eigenvalue weighted by Gasteiger charge is 2.16. The van der Waals surface area contributed by atoms with Crippen molar-refractivity contribution in [2.75, 3.05) is 6.54 Å². The highest BCUT2D eigenvalue weighted by molar-refractivity contribution is 8.00. The molecule has 0 saturated heterocycles. The number of nitrogens with one attached hydrogen (secondary N) is 2. The fourth-order valence-corrected chi connectivity index (χ4v) is 2.45. The van der Waals surface area contributed by atoms with Crippen LogP contribution >= 0.6 is 11.8 Å². The minimum atomic E-state index is -0.230. The van der Waals surface area contributed by atoms with E-state index in [0.29, 0.717) is 17.5 Å². The van der Waals surface area contributed by atoms with Crippen molar-refractivity contribution in [3.63, 3.8) is 0 Å². The smallest absolute Gasteiger partial charge is 0.233 e. The number of amides is 1. The molecule has 2 heterocycles. The third-order valence-electron chi connectivity index (χ3n) is 2.85. The molecule has 0 aromatic carbocycles. The second-order valence-corrected chi connectivity index (χ2v) is 6.14. The first-order chi connectivity index (χ1) is 10.6. The van der Waals surface area contributed by atoms with Crippen LogP contribution in [-0.2, 0) is 4.79 Å². The van der Waals surface area contributed by atoms with E-state index in [4.69, 9.17) is 4.42 Å². The van der Waals surface area contributed by atoms with Crippen LogP contribution in [0.5, 0.6) is 0 Å². The van der Waals surface area contributed by atoms with E-state index in [0.717, 1.165) is 17.9 Å². The van der Waals surface area contributed by atoms with Crippen LogP contribution in [0.2, 0.25) is 0 Å². The Morgan fingerprint density at radius 3 is 3.00 bits per heavy atom. The Kier molecular flexibility index (Phi) is 5.83. The van der Waals surface area contributed by atoms with E-state index >= 15 is 0 Å². The van der Waals surface area contributed by atoms with Crippen LogP contribution in [-0.4, -0.2) is 32.9 Å². The first kappa shape index (κ1) is 16.4. The Bertz CT molecular complexity index is 648. The molecule has 2 rings (SSSR count). The molecule has 0 aliphatic heterocycles. The fraction of sp³-hybridized carbons (Fsp3) is 0.400. The fourth-order valence-electron chi connectivity index (χ4n) is 1.69. The Balaban J connectivity index is 1.91. The molecule has 0 fully saturated rings. The average Bonchev–Trinajstić information content (AvgIpc) is 3.11. The molecule has 7 heteroatoms. The molecule has 1 unspecified atom stereocenters. The zero-order valence-corrected chi connectivity index (χ0v) is 13.7. The first-order valence-electron chi connectivity index (χ1n) is 7.19. The summed E-state index contributed by atoms with van der Waals surface area (Å²) in [5.74, 6) is 2.24. The van der Waals surface area contributed by atoms with E-state index < -0.39 is 0 Å². The minimum absolute atomic E-state index is 0.000183. The monoisotopic (exact) mass is 320 g/mol. The van der Waals surface area contributed by atoms with Crippen molar-refractivity contribution >= 4 is 29.8 Å². The number of carbonyl (C=O) groups is 1. The number of carbonyl (C=O) groups excluding carboxylic acids is 1. The molecule has 0 spiro atoms. The molecular weight excluding hydrogens is 300 g/mol. The largest absolute Gasteiger partial charge is 0.462 e. The zero-order chi connectivity index (χ0) is 15.9. The Hall–Kier alpha value is -2.02. The number of rotatable bonds is 7. The lowest BCUT2D eigenvalue weighted by atomic mass is 10.4. The van der Waals surface area contributed by atoms with Crippen molar-refractivity contribution in [1.82, 2.24) is 20.5 Å². The summed E-state index contributed by atoms with van der Waals surface area (Å²) in [5, 5.41) is 10.1. The van der Waals surface area contributed by atoms with Gasteiger partial charge >= 0.3 is 0 Å². The van der Waals surface area contributed by atoms with Crippen molar-refractivity contribution in [3.8, 4) is 0 Å². The van der Waals surface area contributed by atoms with Crippen LogP contribution in [0.1, 0.15) is 37.6 Å². The maximum absolute atomic E-state index is 11.8. The van der Waals surface area contributed by atoms with Crippen LogP contribution in [0, 0.1) is 6.92 Å². The van der Waals surface area contributed by atoms with Crippen molar-refractivity contribution in [3.05, 3.63) is 29.5 Å². The molecule has 118 valence electrons. The molecule has 1 atom stereocenters. The topological polar surface area (TPSA) is 83.8 Å². The van der Waals surface area contributed by atoms with Crippen LogP contribution < -0.4 is 5.32 Å². The van der Waals surface area contributed by atoms with Gasteiger partial charge in [-0.1, -0.05) is 18.7 Å². The predicted octanol–water partition coefficient (Wildman–Crippen LogP) is 2.88. The van der Waals surface area contributed by atoms with E-state index in [1.54, 1.807) is 6.08 Å². The maximum Gasteiger partial charge on any atom is 0.233 e. The summed E-state index contributed by atoms with van der Waals surface area (Å²) in [5.41, 5.74) is 0. The Labute approximate surface area is 133 Å². The molecule has 6 nitrogen and oxygen atoms in total. The summed E-state index contributed by atoms with van der Waals surface area (Å²) >= 11 is 1.33. The molecule has 1 amide bonds. The summed E-state index contributed by atoms with van der Waals surface area (Å²) in [6.07, 6.45) is 4.53. The summed E-state index contributed by atoms with van der Waals surface area (Å²) in [4.78, 5) is 16.1. The van der Waals surface area contributed by atoms with Gasteiger partial charge in [-0.3, -0.25) is 9.89 Å². The zero-order valence-electron chi connectivity index (χ0n) is 12.9. The van der Waals surface area contributed by atoms with Crippen LogP contribution in [0.25, 0.3) is 12.2 Å². The Morgan fingerprint density at radius 1 is 1.50 bits per heavy atom. The normalized spacial score (nSPS) is 12.7. The van der Waals surface area contributed by atoms with Gasteiger partial charge in [-0.15, -0.1) is 5.10 Å². The number of H-pyrrole nitrogens is 1. The van der Waals surface area contributed by atoms with Gasteiger partial charge in [-0.05, 0) is 44.6 Å². The lowest BCUT2D eigenvalue weighted by Gasteiger charge is -2.08. The summed E-state index contributed by atoms with van der Waals surface area (Å²) < 4.78 is 5.44. The van der Waals surface area contributed by atoms with Crippen LogP contribution in [0.15, 0.2) is 21.7 Å². The van der Waals surface area contributed by atoms with Gasteiger partial charge in [0.05, 0.1) is 5.25 Å². The summed E-state index contributed by atoms with van der Waals surface area (Å²) in [7, 11) is 0. The first-order valence-corrected chi connectivity index (χ1v) is 8.07. The van der Waals surface area contributed by atoms with Gasteiger partial charge in [0.25, 0.3) is 0 Å².